The number of carbonyl (C=O) groups excluding carboxylic acids is 1. The molecular weight excluding hydrogens is 299 g/mol. The summed E-state index contributed by atoms with van der Waals surface area (Å²) in [5.41, 5.74) is 1.81. The molecule has 1 aliphatic rings. The Balaban J connectivity index is 2.67. The van der Waals surface area contributed by atoms with Crippen LogP contribution in [0.4, 0.5) is 13.2 Å². The van der Waals surface area contributed by atoms with E-state index in [9.17, 15) is 27.9 Å². The van der Waals surface area contributed by atoms with Gasteiger partial charge in [0.25, 0.3) is 0 Å². The summed E-state index contributed by atoms with van der Waals surface area (Å²) < 4.78 is 40.0. The van der Waals surface area contributed by atoms with Crippen LogP contribution in [0, 0.1) is 0 Å². The molecule has 0 bridgehead atoms. The van der Waals surface area contributed by atoms with Gasteiger partial charge >= 0.3 is 12.1 Å². The summed E-state index contributed by atoms with van der Waals surface area (Å²) in [5, 5.41) is 9.55. The van der Waals surface area contributed by atoms with E-state index in [1.54, 1.807) is 0 Å². The first-order chi connectivity index (χ1) is 10.2. The molecule has 1 aliphatic carbocycles. The number of hydrogen-bond acceptors (Lipinski definition) is 2. The van der Waals surface area contributed by atoms with Gasteiger partial charge in [-0.3, -0.25) is 9.59 Å². The molecular formula is C15H16F3NO3. The molecule has 7 heteroatoms. The first-order valence-electron chi connectivity index (χ1n) is 6.93. The van der Waals surface area contributed by atoms with Crippen molar-refractivity contribution < 1.29 is 27.9 Å². The average molecular weight is 315 g/mol. The Morgan fingerprint density at radius 3 is 2.18 bits per heavy atom. The number of halogens is 3. The van der Waals surface area contributed by atoms with E-state index >= 15 is 0 Å². The summed E-state index contributed by atoms with van der Waals surface area (Å²) in [5.74, 6) is -2.24. The average Bonchev–Trinajstić information content (AvgIpc) is 2.46. The SMILES string of the molecule is NC(=O)c1ccc(C2(C(=O)O)CCCCC2)c(C(F)(F)F)c1. The van der Waals surface area contributed by atoms with Crippen LogP contribution in [0.1, 0.15) is 53.6 Å². The summed E-state index contributed by atoms with van der Waals surface area (Å²) in [4.78, 5) is 22.8. The van der Waals surface area contributed by atoms with Crippen LogP contribution in [0.25, 0.3) is 0 Å². The van der Waals surface area contributed by atoms with Crippen LogP contribution >= 0.6 is 0 Å². The highest BCUT2D eigenvalue weighted by molar-refractivity contribution is 5.93. The highest BCUT2D eigenvalue weighted by atomic mass is 19.4. The predicted octanol–water partition coefficient (Wildman–Crippen LogP) is 3.09. The molecule has 0 aromatic heterocycles. The molecule has 0 heterocycles. The molecule has 0 saturated heterocycles. The van der Waals surface area contributed by atoms with Crippen molar-refractivity contribution in [3.63, 3.8) is 0 Å². The minimum Gasteiger partial charge on any atom is -0.481 e. The lowest BCUT2D eigenvalue weighted by atomic mass is 9.68. The fourth-order valence-electron chi connectivity index (χ4n) is 3.10. The van der Waals surface area contributed by atoms with E-state index in [1.807, 2.05) is 0 Å². The standard InChI is InChI=1S/C15H16F3NO3/c16-15(17,18)11-8-9(12(19)20)4-5-10(11)14(13(21)22)6-2-1-3-7-14/h4-5,8H,1-3,6-7H2,(H2,19,20)(H,21,22). The Morgan fingerprint density at radius 2 is 1.73 bits per heavy atom. The van der Waals surface area contributed by atoms with Gasteiger partial charge in [-0.2, -0.15) is 13.2 Å². The maximum Gasteiger partial charge on any atom is 0.416 e. The minimum atomic E-state index is -4.75. The number of primary amides is 1. The summed E-state index contributed by atoms with van der Waals surface area (Å²) in [6.07, 6.45) is -2.53. The van der Waals surface area contributed by atoms with Crippen LogP contribution in [0.3, 0.4) is 0 Å². The predicted molar refractivity (Wildman–Crippen MR) is 72.4 cm³/mol. The third kappa shape index (κ3) is 2.80. The van der Waals surface area contributed by atoms with Crippen LogP contribution in [0.15, 0.2) is 18.2 Å². The number of hydrogen-bond donors (Lipinski definition) is 2. The molecule has 22 heavy (non-hydrogen) atoms. The first kappa shape index (κ1) is 16.3. The smallest absolute Gasteiger partial charge is 0.416 e. The van der Waals surface area contributed by atoms with Gasteiger partial charge in [0.1, 0.15) is 0 Å². The molecule has 2 rings (SSSR count). The van der Waals surface area contributed by atoms with Gasteiger partial charge in [0.2, 0.25) is 5.91 Å². The summed E-state index contributed by atoms with van der Waals surface area (Å²) in [7, 11) is 0. The molecule has 3 N–H and O–H groups in total. The number of amides is 1. The second kappa shape index (κ2) is 5.62. The maximum atomic E-state index is 13.3. The van der Waals surface area contributed by atoms with E-state index in [0.29, 0.717) is 18.9 Å². The Kier molecular flexibility index (Phi) is 4.17. The molecule has 0 atom stereocenters. The van der Waals surface area contributed by atoms with E-state index < -0.39 is 29.0 Å². The monoisotopic (exact) mass is 315 g/mol. The number of carboxylic acids is 1. The molecule has 1 amide bonds. The lowest BCUT2D eigenvalue weighted by Crippen LogP contribution is -2.39. The van der Waals surface area contributed by atoms with E-state index in [2.05, 4.69) is 0 Å². The zero-order chi connectivity index (χ0) is 16.5. The van der Waals surface area contributed by atoms with Gasteiger partial charge in [-0.25, -0.2) is 0 Å². The van der Waals surface area contributed by atoms with Crippen molar-refractivity contribution in [1.82, 2.24) is 0 Å². The van der Waals surface area contributed by atoms with Gasteiger partial charge in [0.05, 0.1) is 11.0 Å². The molecule has 1 aromatic carbocycles. The minimum absolute atomic E-state index is 0.154. The third-order valence-corrected chi connectivity index (χ3v) is 4.24. The van der Waals surface area contributed by atoms with Crippen LogP contribution in [-0.4, -0.2) is 17.0 Å². The molecule has 0 unspecified atom stereocenters. The van der Waals surface area contributed by atoms with Crippen molar-refractivity contribution in [1.29, 1.82) is 0 Å². The van der Waals surface area contributed by atoms with Gasteiger partial charge in [0.15, 0.2) is 0 Å². The molecule has 0 radical (unpaired) electrons. The van der Waals surface area contributed by atoms with Gasteiger partial charge in [-0.15, -0.1) is 0 Å². The molecule has 0 spiro atoms. The molecule has 1 saturated carbocycles. The number of nitrogens with two attached hydrogens (primary N) is 1. The molecule has 1 aromatic rings. The second-order valence-corrected chi connectivity index (χ2v) is 5.57. The third-order valence-electron chi connectivity index (χ3n) is 4.24. The van der Waals surface area contributed by atoms with Crippen molar-refractivity contribution in [2.45, 2.75) is 43.7 Å². The molecule has 4 nitrogen and oxygen atoms in total. The lowest BCUT2D eigenvalue weighted by molar-refractivity contribution is -0.147. The molecule has 0 aliphatic heterocycles. The fraction of sp³-hybridized carbons (Fsp3) is 0.467. The number of alkyl halides is 3. The van der Waals surface area contributed by atoms with Crippen LogP contribution in [0.5, 0.6) is 0 Å². The van der Waals surface area contributed by atoms with E-state index in [4.69, 9.17) is 5.73 Å². The van der Waals surface area contributed by atoms with E-state index in [0.717, 1.165) is 18.6 Å². The number of aliphatic carboxylic acids is 1. The van der Waals surface area contributed by atoms with Gasteiger partial charge in [0, 0.05) is 5.56 Å². The number of carbonyl (C=O) groups is 2. The van der Waals surface area contributed by atoms with E-state index in [-0.39, 0.29) is 24.0 Å². The van der Waals surface area contributed by atoms with Crippen LogP contribution < -0.4 is 5.73 Å². The maximum absolute atomic E-state index is 13.3. The second-order valence-electron chi connectivity index (χ2n) is 5.57. The van der Waals surface area contributed by atoms with Gasteiger partial charge < -0.3 is 10.8 Å². The quantitative estimate of drug-likeness (QED) is 0.899. The lowest BCUT2D eigenvalue weighted by Gasteiger charge is -2.35. The molecule has 120 valence electrons. The van der Waals surface area contributed by atoms with Crippen molar-refractivity contribution in [2.75, 3.05) is 0 Å². The zero-order valence-electron chi connectivity index (χ0n) is 11.7. The summed E-state index contributed by atoms with van der Waals surface area (Å²) in [6.45, 7) is 0. The number of carboxylic acid groups (broad SMARTS) is 1. The summed E-state index contributed by atoms with van der Waals surface area (Å²) in [6, 6.07) is 2.89. The van der Waals surface area contributed by atoms with E-state index in [1.165, 1.54) is 0 Å². The fourth-order valence-corrected chi connectivity index (χ4v) is 3.10. The van der Waals surface area contributed by atoms with Crippen LogP contribution in [0.2, 0.25) is 0 Å². The summed E-state index contributed by atoms with van der Waals surface area (Å²) >= 11 is 0. The van der Waals surface area contributed by atoms with Gasteiger partial charge in [-0.05, 0) is 30.5 Å². The van der Waals surface area contributed by atoms with Crippen molar-refractivity contribution in [3.05, 3.63) is 34.9 Å². The van der Waals surface area contributed by atoms with Crippen molar-refractivity contribution >= 4 is 11.9 Å². The highest BCUT2D eigenvalue weighted by Crippen LogP contribution is 2.45. The zero-order valence-corrected chi connectivity index (χ0v) is 11.7. The topological polar surface area (TPSA) is 80.4 Å². The largest absolute Gasteiger partial charge is 0.481 e. The number of rotatable bonds is 3. The number of benzene rings is 1. The Bertz CT molecular complexity index is 605. The first-order valence-corrected chi connectivity index (χ1v) is 6.93. The highest BCUT2D eigenvalue weighted by Gasteiger charge is 2.47. The Hall–Kier alpha value is -2.05. The normalized spacial score (nSPS) is 18.0. The van der Waals surface area contributed by atoms with Crippen molar-refractivity contribution in [2.24, 2.45) is 5.73 Å². The molecule has 1 fully saturated rings. The van der Waals surface area contributed by atoms with Crippen molar-refractivity contribution in [3.8, 4) is 0 Å². The Morgan fingerprint density at radius 1 is 1.14 bits per heavy atom. The Labute approximate surface area is 125 Å². The van der Waals surface area contributed by atoms with Gasteiger partial charge in [-0.1, -0.05) is 25.3 Å². The van der Waals surface area contributed by atoms with Crippen LogP contribution in [-0.2, 0) is 16.4 Å².